The van der Waals surface area contributed by atoms with Gasteiger partial charge in [0.15, 0.2) is 0 Å². The van der Waals surface area contributed by atoms with Crippen LogP contribution in [0.25, 0.3) is 88.0 Å². The molecular weight excluding hydrogens is 553 g/mol. The molecule has 0 atom stereocenters. The minimum atomic E-state index is 1.22. The maximum Gasteiger partial charge on any atom is -0.00143 e. The molecule has 0 aromatic heterocycles. The van der Waals surface area contributed by atoms with Gasteiger partial charge in [-0.15, -0.1) is 0 Å². The number of hydrogen-bond acceptors (Lipinski definition) is 0. The van der Waals surface area contributed by atoms with Crippen molar-refractivity contribution >= 4 is 32.3 Å². The van der Waals surface area contributed by atoms with Gasteiger partial charge in [0.25, 0.3) is 0 Å². The van der Waals surface area contributed by atoms with Crippen molar-refractivity contribution in [1.29, 1.82) is 0 Å². The molecule has 9 aromatic carbocycles. The molecule has 0 radical (unpaired) electrons. The minimum Gasteiger partial charge on any atom is -0.0622 e. The lowest BCUT2D eigenvalue weighted by molar-refractivity contribution is 1.57. The molecule has 0 aliphatic rings. The molecule has 0 unspecified atom stereocenters. The summed E-state index contributed by atoms with van der Waals surface area (Å²) >= 11 is 0. The van der Waals surface area contributed by atoms with Crippen molar-refractivity contribution in [3.8, 4) is 55.6 Å². The average Bonchev–Trinajstić information content (AvgIpc) is 3.14. The largest absolute Gasteiger partial charge is 0.0622 e. The van der Waals surface area contributed by atoms with Crippen molar-refractivity contribution < 1.29 is 0 Å². The highest BCUT2D eigenvalue weighted by Crippen LogP contribution is 2.45. The van der Waals surface area contributed by atoms with Crippen LogP contribution < -0.4 is 0 Å². The smallest absolute Gasteiger partial charge is 0.00143 e. The van der Waals surface area contributed by atoms with Gasteiger partial charge in [-0.1, -0.05) is 158 Å². The molecule has 0 nitrogen and oxygen atoms in total. The Kier molecular flexibility index (Phi) is 6.25. The molecule has 46 heavy (non-hydrogen) atoms. The van der Waals surface area contributed by atoms with E-state index in [0.29, 0.717) is 0 Å². The quantitative estimate of drug-likeness (QED) is 0.177. The predicted octanol–water partition coefficient (Wildman–Crippen LogP) is 12.9. The minimum absolute atomic E-state index is 1.22. The van der Waals surface area contributed by atoms with Crippen LogP contribution in [0.1, 0.15) is 0 Å². The fourth-order valence-corrected chi connectivity index (χ4v) is 7.16. The second-order valence-electron chi connectivity index (χ2n) is 12.1. The molecule has 0 heteroatoms. The van der Waals surface area contributed by atoms with Crippen molar-refractivity contribution in [3.63, 3.8) is 0 Å². The van der Waals surface area contributed by atoms with E-state index in [0.717, 1.165) is 0 Å². The van der Waals surface area contributed by atoms with E-state index in [4.69, 9.17) is 0 Å². The Morgan fingerprint density at radius 3 is 1.15 bits per heavy atom. The zero-order valence-electron chi connectivity index (χ0n) is 25.3. The van der Waals surface area contributed by atoms with E-state index in [1.165, 1.54) is 88.0 Å². The summed E-state index contributed by atoms with van der Waals surface area (Å²) in [6, 6.07) is 66.6. The molecule has 0 bridgehead atoms. The van der Waals surface area contributed by atoms with Gasteiger partial charge >= 0.3 is 0 Å². The number of hydrogen-bond donors (Lipinski definition) is 0. The summed E-state index contributed by atoms with van der Waals surface area (Å²) in [5, 5.41) is 7.80. The molecular formula is C46H30. The van der Waals surface area contributed by atoms with Crippen LogP contribution in [0.3, 0.4) is 0 Å². The molecule has 0 fully saturated rings. The molecule has 0 heterocycles. The van der Waals surface area contributed by atoms with E-state index in [1.54, 1.807) is 0 Å². The van der Waals surface area contributed by atoms with Crippen LogP contribution in [0.15, 0.2) is 182 Å². The summed E-state index contributed by atoms with van der Waals surface area (Å²) in [4.78, 5) is 0. The van der Waals surface area contributed by atoms with Crippen LogP contribution in [0.4, 0.5) is 0 Å². The molecule has 9 rings (SSSR count). The first-order valence-corrected chi connectivity index (χ1v) is 15.9. The Balaban J connectivity index is 1.34. The first-order chi connectivity index (χ1) is 22.8. The Hall–Kier alpha value is -5.98. The van der Waals surface area contributed by atoms with E-state index in [9.17, 15) is 0 Å². The fraction of sp³-hybridized carbons (Fsp3) is 0. The van der Waals surface area contributed by atoms with Gasteiger partial charge in [-0.3, -0.25) is 0 Å². The highest BCUT2D eigenvalue weighted by atomic mass is 14.2. The molecule has 9 aromatic rings. The second kappa shape index (κ2) is 10.9. The molecule has 0 aliphatic heterocycles. The standard InChI is InChI=1S/C46H30/c1-4-11-31(12-5-1)34-19-21-35(22-20-34)43-30-44(42-26-24-37-18-10-17-36-23-25-41(43)46(42)45(36)37)40-28-38(32-13-6-2-7-14-32)27-39(29-40)33-15-8-3-9-16-33/h1-30H. The molecule has 0 saturated carbocycles. The third-order valence-corrected chi connectivity index (χ3v) is 9.41. The summed E-state index contributed by atoms with van der Waals surface area (Å²) in [6.07, 6.45) is 0. The Morgan fingerprint density at radius 1 is 0.217 bits per heavy atom. The van der Waals surface area contributed by atoms with E-state index < -0.39 is 0 Å². The van der Waals surface area contributed by atoms with Crippen molar-refractivity contribution in [3.05, 3.63) is 182 Å². The highest BCUT2D eigenvalue weighted by Gasteiger charge is 2.18. The van der Waals surface area contributed by atoms with Gasteiger partial charge < -0.3 is 0 Å². The van der Waals surface area contributed by atoms with E-state index in [1.807, 2.05) is 0 Å². The van der Waals surface area contributed by atoms with Crippen LogP contribution in [0.5, 0.6) is 0 Å². The Morgan fingerprint density at radius 2 is 0.630 bits per heavy atom. The molecule has 214 valence electrons. The van der Waals surface area contributed by atoms with Crippen molar-refractivity contribution in [2.45, 2.75) is 0 Å². The summed E-state index contributed by atoms with van der Waals surface area (Å²) < 4.78 is 0. The lowest BCUT2D eigenvalue weighted by atomic mass is 9.84. The van der Waals surface area contributed by atoms with Crippen molar-refractivity contribution in [1.82, 2.24) is 0 Å². The molecule has 0 N–H and O–H groups in total. The van der Waals surface area contributed by atoms with E-state index in [2.05, 4.69) is 182 Å². The first-order valence-electron chi connectivity index (χ1n) is 15.9. The monoisotopic (exact) mass is 582 g/mol. The normalized spacial score (nSPS) is 11.5. The summed E-state index contributed by atoms with van der Waals surface area (Å²) in [7, 11) is 0. The Labute approximate surface area is 269 Å². The van der Waals surface area contributed by atoms with Gasteiger partial charge in [0.1, 0.15) is 0 Å². The third kappa shape index (κ3) is 4.47. The van der Waals surface area contributed by atoms with Gasteiger partial charge in [0.2, 0.25) is 0 Å². The van der Waals surface area contributed by atoms with Crippen LogP contribution in [0, 0.1) is 0 Å². The summed E-state index contributed by atoms with van der Waals surface area (Å²) in [5.41, 5.74) is 12.3. The lowest BCUT2D eigenvalue weighted by Crippen LogP contribution is -1.92. The third-order valence-electron chi connectivity index (χ3n) is 9.41. The topological polar surface area (TPSA) is 0 Å². The Bertz CT molecular complexity index is 2400. The molecule has 0 amide bonds. The average molecular weight is 583 g/mol. The maximum atomic E-state index is 2.43. The van der Waals surface area contributed by atoms with Crippen LogP contribution >= 0.6 is 0 Å². The summed E-state index contributed by atoms with van der Waals surface area (Å²) in [6.45, 7) is 0. The fourth-order valence-electron chi connectivity index (χ4n) is 7.16. The van der Waals surface area contributed by atoms with Gasteiger partial charge in [0.05, 0.1) is 0 Å². The maximum absolute atomic E-state index is 2.43. The predicted molar refractivity (Wildman–Crippen MR) is 197 cm³/mol. The SMILES string of the molecule is c1ccc(-c2ccc(-c3cc(-c4cc(-c5ccccc5)cc(-c5ccccc5)c4)c4ccc5cccc6ccc3c4c65)cc2)cc1. The summed E-state index contributed by atoms with van der Waals surface area (Å²) in [5.74, 6) is 0. The van der Waals surface area contributed by atoms with Crippen LogP contribution in [-0.4, -0.2) is 0 Å². The molecule has 0 saturated heterocycles. The first kappa shape index (κ1) is 26.4. The zero-order chi connectivity index (χ0) is 30.5. The van der Waals surface area contributed by atoms with Gasteiger partial charge in [-0.2, -0.15) is 0 Å². The van der Waals surface area contributed by atoms with Crippen molar-refractivity contribution in [2.24, 2.45) is 0 Å². The lowest BCUT2D eigenvalue weighted by Gasteiger charge is -2.19. The van der Waals surface area contributed by atoms with E-state index >= 15 is 0 Å². The van der Waals surface area contributed by atoms with E-state index in [-0.39, 0.29) is 0 Å². The number of benzene rings is 9. The van der Waals surface area contributed by atoms with Crippen LogP contribution in [-0.2, 0) is 0 Å². The number of rotatable bonds is 5. The molecule has 0 spiro atoms. The van der Waals surface area contributed by atoms with Crippen LogP contribution in [0.2, 0.25) is 0 Å². The zero-order valence-corrected chi connectivity index (χ0v) is 25.3. The van der Waals surface area contributed by atoms with Gasteiger partial charge in [-0.25, -0.2) is 0 Å². The van der Waals surface area contributed by atoms with Crippen molar-refractivity contribution in [2.75, 3.05) is 0 Å². The van der Waals surface area contributed by atoms with Gasteiger partial charge in [0, 0.05) is 0 Å². The second-order valence-corrected chi connectivity index (χ2v) is 12.1. The highest BCUT2D eigenvalue weighted by molar-refractivity contribution is 6.28. The van der Waals surface area contributed by atoms with Gasteiger partial charge in [-0.05, 0) is 112 Å². The molecule has 0 aliphatic carbocycles.